The summed E-state index contributed by atoms with van der Waals surface area (Å²) < 4.78 is 31.8. The molecule has 0 saturated heterocycles. The second-order valence-corrected chi connectivity index (χ2v) is 3.83. The van der Waals surface area contributed by atoms with Crippen LogP contribution in [0.3, 0.4) is 0 Å². The molecule has 0 saturated carbocycles. The van der Waals surface area contributed by atoms with Gasteiger partial charge in [-0.25, -0.2) is 4.39 Å². The third-order valence-corrected chi connectivity index (χ3v) is 2.38. The summed E-state index contributed by atoms with van der Waals surface area (Å²) in [7, 11) is 0. The van der Waals surface area contributed by atoms with Gasteiger partial charge in [0.2, 0.25) is 5.82 Å². The largest absolute Gasteiger partial charge is 0.486 e. The van der Waals surface area contributed by atoms with Crippen LogP contribution in [0.25, 0.3) is 0 Å². The fourth-order valence-corrected chi connectivity index (χ4v) is 1.53. The van der Waals surface area contributed by atoms with Gasteiger partial charge in [-0.05, 0) is 30.2 Å². The Bertz CT molecular complexity index is 509. The van der Waals surface area contributed by atoms with Crippen molar-refractivity contribution in [3.05, 3.63) is 65.2 Å². The molecule has 0 N–H and O–H groups in total. The highest BCUT2D eigenvalue weighted by molar-refractivity contribution is 5.31. The molecule has 0 radical (unpaired) electrons. The van der Waals surface area contributed by atoms with Gasteiger partial charge in [0.05, 0.1) is 0 Å². The SMILES string of the molecule is Cc1cc(F)c(F)c(OCc2ccccc2)c1. The lowest BCUT2D eigenvalue weighted by atomic mass is 10.2. The van der Waals surface area contributed by atoms with Crippen LogP contribution >= 0.6 is 0 Å². The third kappa shape index (κ3) is 2.81. The summed E-state index contributed by atoms with van der Waals surface area (Å²) in [6.07, 6.45) is 0. The quantitative estimate of drug-likeness (QED) is 0.783. The minimum Gasteiger partial charge on any atom is -0.486 e. The Morgan fingerprint density at radius 3 is 2.47 bits per heavy atom. The summed E-state index contributed by atoms with van der Waals surface area (Å²) in [5, 5.41) is 0. The molecule has 0 aliphatic carbocycles. The summed E-state index contributed by atoms with van der Waals surface area (Å²) >= 11 is 0. The molecule has 0 aliphatic rings. The lowest BCUT2D eigenvalue weighted by Gasteiger charge is -2.08. The van der Waals surface area contributed by atoms with Crippen LogP contribution in [0.5, 0.6) is 5.75 Å². The zero-order chi connectivity index (χ0) is 12.3. The summed E-state index contributed by atoms with van der Waals surface area (Å²) in [5.41, 5.74) is 1.54. The number of benzene rings is 2. The van der Waals surface area contributed by atoms with E-state index in [1.165, 1.54) is 6.07 Å². The molecule has 0 spiro atoms. The Morgan fingerprint density at radius 2 is 1.76 bits per heavy atom. The van der Waals surface area contributed by atoms with E-state index in [0.29, 0.717) is 5.56 Å². The fraction of sp³-hybridized carbons (Fsp3) is 0.143. The van der Waals surface area contributed by atoms with E-state index in [1.54, 1.807) is 6.92 Å². The molecule has 88 valence electrons. The zero-order valence-electron chi connectivity index (χ0n) is 9.41. The number of aryl methyl sites for hydroxylation is 1. The van der Waals surface area contributed by atoms with Gasteiger partial charge in [-0.1, -0.05) is 30.3 Å². The van der Waals surface area contributed by atoms with E-state index in [4.69, 9.17) is 4.74 Å². The van der Waals surface area contributed by atoms with Crippen molar-refractivity contribution in [3.8, 4) is 5.75 Å². The third-order valence-electron chi connectivity index (χ3n) is 2.38. The van der Waals surface area contributed by atoms with Gasteiger partial charge < -0.3 is 4.74 Å². The molecule has 0 atom stereocenters. The average molecular weight is 234 g/mol. The van der Waals surface area contributed by atoms with Crippen molar-refractivity contribution < 1.29 is 13.5 Å². The van der Waals surface area contributed by atoms with Crippen LogP contribution in [0.15, 0.2) is 42.5 Å². The van der Waals surface area contributed by atoms with Crippen LogP contribution in [-0.4, -0.2) is 0 Å². The molecular weight excluding hydrogens is 222 g/mol. The molecular formula is C14H12F2O. The lowest BCUT2D eigenvalue weighted by Crippen LogP contribution is -1.99. The molecule has 3 heteroatoms. The standard InChI is InChI=1S/C14H12F2O/c1-10-7-12(15)14(16)13(8-10)17-9-11-5-3-2-4-6-11/h2-8H,9H2,1H3. The Kier molecular flexibility index (Phi) is 3.38. The van der Waals surface area contributed by atoms with E-state index in [9.17, 15) is 8.78 Å². The van der Waals surface area contributed by atoms with E-state index in [2.05, 4.69) is 0 Å². The van der Waals surface area contributed by atoms with Crippen LogP contribution in [-0.2, 0) is 6.61 Å². The highest BCUT2D eigenvalue weighted by Gasteiger charge is 2.10. The highest BCUT2D eigenvalue weighted by atomic mass is 19.2. The first-order valence-corrected chi connectivity index (χ1v) is 5.29. The van der Waals surface area contributed by atoms with E-state index < -0.39 is 11.6 Å². The van der Waals surface area contributed by atoms with Gasteiger partial charge in [-0.3, -0.25) is 0 Å². The maximum atomic E-state index is 13.4. The number of rotatable bonds is 3. The summed E-state index contributed by atoms with van der Waals surface area (Å²) in [6, 6.07) is 12.0. The van der Waals surface area contributed by atoms with Crippen molar-refractivity contribution in [2.24, 2.45) is 0 Å². The Hall–Kier alpha value is -1.90. The van der Waals surface area contributed by atoms with Crippen molar-refractivity contribution in [2.75, 3.05) is 0 Å². The molecule has 0 amide bonds. The molecule has 0 unspecified atom stereocenters. The molecule has 0 heterocycles. The maximum Gasteiger partial charge on any atom is 0.200 e. The monoisotopic (exact) mass is 234 g/mol. The number of ether oxygens (including phenoxy) is 1. The molecule has 1 nitrogen and oxygen atoms in total. The molecule has 0 aliphatic heterocycles. The summed E-state index contributed by atoms with van der Waals surface area (Å²) in [5.74, 6) is -1.87. The molecule has 0 fully saturated rings. The second kappa shape index (κ2) is 4.95. The van der Waals surface area contributed by atoms with E-state index in [-0.39, 0.29) is 12.4 Å². The molecule has 0 bridgehead atoms. The van der Waals surface area contributed by atoms with Crippen molar-refractivity contribution >= 4 is 0 Å². The lowest BCUT2D eigenvalue weighted by molar-refractivity contribution is 0.284. The molecule has 17 heavy (non-hydrogen) atoms. The van der Waals surface area contributed by atoms with E-state index in [1.807, 2.05) is 30.3 Å². The van der Waals surface area contributed by atoms with Gasteiger partial charge in [0.15, 0.2) is 11.6 Å². The molecule has 2 rings (SSSR count). The van der Waals surface area contributed by atoms with E-state index >= 15 is 0 Å². The minimum absolute atomic E-state index is 0.0497. The number of hydrogen-bond donors (Lipinski definition) is 0. The second-order valence-electron chi connectivity index (χ2n) is 3.83. The Balaban J connectivity index is 2.14. The van der Waals surface area contributed by atoms with Crippen LogP contribution in [0.1, 0.15) is 11.1 Å². The van der Waals surface area contributed by atoms with Crippen molar-refractivity contribution in [1.29, 1.82) is 0 Å². The van der Waals surface area contributed by atoms with Gasteiger partial charge in [-0.2, -0.15) is 4.39 Å². The predicted octanol–water partition coefficient (Wildman–Crippen LogP) is 3.85. The molecule has 0 aromatic heterocycles. The van der Waals surface area contributed by atoms with Crippen molar-refractivity contribution in [3.63, 3.8) is 0 Å². The van der Waals surface area contributed by atoms with Gasteiger partial charge in [0, 0.05) is 0 Å². The number of halogens is 2. The molecule has 2 aromatic carbocycles. The van der Waals surface area contributed by atoms with Crippen LogP contribution in [0.2, 0.25) is 0 Å². The van der Waals surface area contributed by atoms with Crippen LogP contribution in [0.4, 0.5) is 8.78 Å². The first kappa shape index (κ1) is 11.6. The fourth-order valence-electron chi connectivity index (χ4n) is 1.53. The Labute approximate surface area is 98.7 Å². The topological polar surface area (TPSA) is 9.23 Å². The van der Waals surface area contributed by atoms with Crippen molar-refractivity contribution in [1.82, 2.24) is 0 Å². The summed E-state index contributed by atoms with van der Waals surface area (Å²) in [6.45, 7) is 1.92. The van der Waals surface area contributed by atoms with Gasteiger partial charge in [0.25, 0.3) is 0 Å². The predicted molar refractivity (Wildman–Crippen MR) is 61.9 cm³/mol. The average Bonchev–Trinajstić information content (AvgIpc) is 2.33. The minimum atomic E-state index is -0.938. The van der Waals surface area contributed by atoms with Crippen LogP contribution in [0, 0.1) is 18.6 Å². The van der Waals surface area contributed by atoms with Gasteiger partial charge in [0.1, 0.15) is 6.61 Å². The normalized spacial score (nSPS) is 10.3. The number of hydrogen-bond acceptors (Lipinski definition) is 1. The Morgan fingerprint density at radius 1 is 1.06 bits per heavy atom. The van der Waals surface area contributed by atoms with Crippen molar-refractivity contribution in [2.45, 2.75) is 13.5 Å². The first-order valence-electron chi connectivity index (χ1n) is 5.29. The van der Waals surface area contributed by atoms with Gasteiger partial charge in [-0.15, -0.1) is 0 Å². The zero-order valence-corrected chi connectivity index (χ0v) is 9.41. The van der Waals surface area contributed by atoms with Gasteiger partial charge >= 0.3 is 0 Å². The highest BCUT2D eigenvalue weighted by Crippen LogP contribution is 2.22. The smallest absolute Gasteiger partial charge is 0.200 e. The maximum absolute atomic E-state index is 13.4. The van der Waals surface area contributed by atoms with Crippen LogP contribution < -0.4 is 4.74 Å². The van der Waals surface area contributed by atoms with E-state index in [0.717, 1.165) is 11.6 Å². The molecule has 2 aromatic rings. The first-order chi connectivity index (χ1) is 8.16. The summed E-state index contributed by atoms with van der Waals surface area (Å²) in [4.78, 5) is 0.